The Kier molecular flexibility index (Phi) is 8.00. The molecule has 0 saturated heterocycles. The second-order valence-electron chi connectivity index (χ2n) is 8.14. The van der Waals surface area contributed by atoms with E-state index in [0.29, 0.717) is 29.7 Å². The molecule has 0 fully saturated rings. The van der Waals surface area contributed by atoms with Gasteiger partial charge in [-0.05, 0) is 68.9 Å². The lowest BCUT2D eigenvalue weighted by Gasteiger charge is -2.17. The number of aryl methyl sites for hydroxylation is 1. The highest BCUT2D eigenvalue weighted by Crippen LogP contribution is 2.18. The minimum Gasteiger partial charge on any atom is -0.461 e. The maximum Gasteiger partial charge on any atom is 0.358 e. The number of amides is 1. The third-order valence-corrected chi connectivity index (χ3v) is 4.98. The summed E-state index contributed by atoms with van der Waals surface area (Å²) in [6.07, 6.45) is 1.79. The van der Waals surface area contributed by atoms with Crippen LogP contribution in [0.2, 0.25) is 0 Å². The van der Waals surface area contributed by atoms with E-state index in [1.165, 1.54) is 0 Å². The molecule has 0 radical (unpaired) electrons. The highest BCUT2D eigenvalue weighted by Gasteiger charge is 2.17. The molecule has 1 heterocycles. The van der Waals surface area contributed by atoms with E-state index in [4.69, 9.17) is 4.74 Å². The van der Waals surface area contributed by atoms with Gasteiger partial charge in [0.25, 0.3) is 5.91 Å². The molecule has 29 heavy (non-hydrogen) atoms. The zero-order valence-electron chi connectivity index (χ0n) is 18.4. The van der Waals surface area contributed by atoms with Crippen molar-refractivity contribution in [3.8, 4) is 5.69 Å². The van der Waals surface area contributed by atoms with Crippen molar-refractivity contribution in [1.29, 1.82) is 0 Å². The maximum atomic E-state index is 12.4. The Morgan fingerprint density at radius 2 is 1.76 bits per heavy atom. The molecule has 1 aromatic heterocycles. The molecule has 1 atom stereocenters. The van der Waals surface area contributed by atoms with E-state index in [9.17, 15) is 9.59 Å². The van der Waals surface area contributed by atoms with Crippen LogP contribution in [0.3, 0.4) is 0 Å². The first-order valence-electron chi connectivity index (χ1n) is 10.4. The van der Waals surface area contributed by atoms with Gasteiger partial charge in [0, 0.05) is 17.3 Å². The Bertz CT molecular complexity index is 822. The average Bonchev–Trinajstić information content (AvgIpc) is 3.11. The van der Waals surface area contributed by atoms with Crippen LogP contribution in [0, 0.1) is 11.8 Å². The smallest absolute Gasteiger partial charge is 0.358 e. The Labute approximate surface area is 173 Å². The molecule has 0 saturated carbocycles. The summed E-state index contributed by atoms with van der Waals surface area (Å²) in [6.45, 7) is 12.6. The van der Waals surface area contributed by atoms with E-state index in [2.05, 4.69) is 38.1 Å². The third-order valence-electron chi connectivity index (χ3n) is 4.98. The van der Waals surface area contributed by atoms with Gasteiger partial charge in [0.15, 0.2) is 5.69 Å². The van der Waals surface area contributed by atoms with Gasteiger partial charge in [0.05, 0.1) is 12.3 Å². The van der Waals surface area contributed by atoms with Gasteiger partial charge < -0.3 is 10.1 Å². The Balaban J connectivity index is 2.27. The standard InChI is InChI=1S/C23H33N3O3/c1-7-29-23(28)21-14-20(11-8-15(2)3)26(25-21)19-12-9-18(10-13-19)22(27)24-17(6)16(4)5/h9-10,12-17H,7-8,11H2,1-6H3,(H,24,27)/t17-/m0/s1. The normalized spacial score (nSPS) is 12.3. The summed E-state index contributed by atoms with van der Waals surface area (Å²) in [5.74, 6) is 0.395. The lowest BCUT2D eigenvalue weighted by molar-refractivity contribution is 0.0518. The van der Waals surface area contributed by atoms with Crippen molar-refractivity contribution in [3.05, 3.63) is 47.3 Å². The predicted octanol–water partition coefficient (Wildman–Crippen LogP) is 4.41. The van der Waals surface area contributed by atoms with Crippen molar-refractivity contribution < 1.29 is 14.3 Å². The minimum atomic E-state index is -0.421. The van der Waals surface area contributed by atoms with Gasteiger partial charge in [0.1, 0.15) is 0 Å². The summed E-state index contributed by atoms with van der Waals surface area (Å²) < 4.78 is 6.87. The molecule has 0 aliphatic rings. The van der Waals surface area contributed by atoms with Crippen LogP contribution >= 0.6 is 0 Å². The summed E-state index contributed by atoms with van der Waals surface area (Å²) in [6, 6.07) is 9.19. The fourth-order valence-electron chi connectivity index (χ4n) is 2.77. The van der Waals surface area contributed by atoms with E-state index < -0.39 is 5.97 Å². The zero-order chi connectivity index (χ0) is 21.6. The summed E-state index contributed by atoms with van der Waals surface area (Å²) in [7, 11) is 0. The molecule has 2 aromatic rings. The summed E-state index contributed by atoms with van der Waals surface area (Å²) >= 11 is 0. The second-order valence-corrected chi connectivity index (χ2v) is 8.14. The largest absolute Gasteiger partial charge is 0.461 e. The molecule has 158 valence electrons. The number of carbonyl (C=O) groups excluding carboxylic acids is 2. The summed E-state index contributed by atoms with van der Waals surface area (Å²) in [5, 5.41) is 7.47. The molecular weight excluding hydrogens is 366 g/mol. The Hall–Kier alpha value is -2.63. The van der Waals surface area contributed by atoms with Crippen LogP contribution in [0.4, 0.5) is 0 Å². The maximum absolute atomic E-state index is 12.4. The quantitative estimate of drug-likeness (QED) is 0.634. The van der Waals surface area contributed by atoms with Crippen LogP contribution < -0.4 is 5.32 Å². The SMILES string of the molecule is CCOC(=O)c1cc(CCC(C)C)n(-c2ccc(C(=O)N[C@@H](C)C(C)C)cc2)n1. The number of nitrogens with one attached hydrogen (secondary N) is 1. The lowest BCUT2D eigenvalue weighted by atomic mass is 10.1. The lowest BCUT2D eigenvalue weighted by Crippen LogP contribution is -2.36. The molecule has 1 amide bonds. The fraction of sp³-hybridized carbons (Fsp3) is 0.522. The number of aromatic nitrogens is 2. The van der Waals surface area contributed by atoms with E-state index in [1.807, 2.05) is 19.1 Å². The van der Waals surface area contributed by atoms with Crippen molar-refractivity contribution in [2.45, 2.75) is 60.4 Å². The molecule has 0 aliphatic heterocycles. The van der Waals surface area contributed by atoms with Crippen LogP contribution in [0.5, 0.6) is 0 Å². The van der Waals surface area contributed by atoms with Gasteiger partial charge in [-0.25, -0.2) is 9.48 Å². The van der Waals surface area contributed by atoms with Crippen LogP contribution in [0.25, 0.3) is 5.69 Å². The Morgan fingerprint density at radius 3 is 2.31 bits per heavy atom. The topological polar surface area (TPSA) is 73.2 Å². The van der Waals surface area contributed by atoms with Crippen LogP contribution in [0.1, 0.15) is 74.5 Å². The van der Waals surface area contributed by atoms with Crippen LogP contribution in [-0.2, 0) is 11.2 Å². The van der Waals surface area contributed by atoms with E-state index in [-0.39, 0.29) is 11.9 Å². The first kappa shape index (κ1) is 22.7. The highest BCUT2D eigenvalue weighted by atomic mass is 16.5. The van der Waals surface area contributed by atoms with Gasteiger partial charge in [-0.3, -0.25) is 4.79 Å². The number of benzene rings is 1. The molecule has 0 aliphatic carbocycles. The van der Waals surface area contributed by atoms with Crippen molar-refractivity contribution in [1.82, 2.24) is 15.1 Å². The van der Waals surface area contributed by atoms with Gasteiger partial charge in [-0.1, -0.05) is 27.7 Å². The molecule has 6 nitrogen and oxygen atoms in total. The molecule has 2 rings (SSSR count). The molecule has 0 bridgehead atoms. The van der Waals surface area contributed by atoms with E-state index >= 15 is 0 Å². The van der Waals surface area contributed by atoms with Crippen molar-refractivity contribution >= 4 is 11.9 Å². The minimum absolute atomic E-state index is 0.0922. The zero-order valence-corrected chi connectivity index (χ0v) is 18.4. The number of carbonyl (C=O) groups is 2. The number of hydrogen-bond donors (Lipinski definition) is 1. The van der Waals surface area contributed by atoms with E-state index in [1.54, 1.807) is 29.8 Å². The van der Waals surface area contributed by atoms with Gasteiger partial charge in [-0.15, -0.1) is 0 Å². The molecular formula is C23H33N3O3. The van der Waals surface area contributed by atoms with Gasteiger partial charge >= 0.3 is 5.97 Å². The monoisotopic (exact) mass is 399 g/mol. The van der Waals surface area contributed by atoms with Crippen LogP contribution in [0.15, 0.2) is 30.3 Å². The Morgan fingerprint density at radius 1 is 1.10 bits per heavy atom. The number of ether oxygens (including phenoxy) is 1. The highest BCUT2D eigenvalue weighted by molar-refractivity contribution is 5.94. The fourth-order valence-corrected chi connectivity index (χ4v) is 2.77. The first-order valence-corrected chi connectivity index (χ1v) is 10.4. The first-order chi connectivity index (χ1) is 13.7. The molecule has 6 heteroatoms. The van der Waals surface area contributed by atoms with Crippen molar-refractivity contribution in [3.63, 3.8) is 0 Å². The summed E-state index contributed by atoms with van der Waals surface area (Å²) in [5.41, 5.74) is 2.67. The predicted molar refractivity (Wildman–Crippen MR) is 114 cm³/mol. The molecule has 1 aromatic carbocycles. The number of esters is 1. The number of rotatable bonds is 9. The van der Waals surface area contributed by atoms with Crippen molar-refractivity contribution in [2.24, 2.45) is 11.8 Å². The molecule has 0 unspecified atom stereocenters. The molecule has 0 spiro atoms. The summed E-state index contributed by atoms with van der Waals surface area (Å²) in [4.78, 5) is 24.6. The number of hydrogen-bond acceptors (Lipinski definition) is 4. The average molecular weight is 400 g/mol. The molecule has 1 N–H and O–H groups in total. The van der Waals surface area contributed by atoms with E-state index in [0.717, 1.165) is 24.2 Å². The number of nitrogens with zero attached hydrogens (tertiary/aromatic N) is 2. The van der Waals surface area contributed by atoms with Crippen LogP contribution in [-0.4, -0.2) is 34.3 Å². The third kappa shape index (κ3) is 6.17. The van der Waals surface area contributed by atoms with Gasteiger partial charge in [-0.2, -0.15) is 5.10 Å². The van der Waals surface area contributed by atoms with Crippen molar-refractivity contribution in [2.75, 3.05) is 6.61 Å². The second kappa shape index (κ2) is 10.2. The van der Waals surface area contributed by atoms with Gasteiger partial charge in [0.2, 0.25) is 0 Å².